The Bertz CT molecular complexity index is 448. The minimum absolute atomic E-state index is 0.283. The van der Waals surface area contributed by atoms with Gasteiger partial charge in [-0.05, 0) is 0 Å². The summed E-state index contributed by atoms with van der Waals surface area (Å²) >= 11 is 0. The van der Waals surface area contributed by atoms with Gasteiger partial charge in [-0.15, -0.1) is 0 Å². The monoisotopic (exact) mass is 294 g/mol. The molecule has 0 aromatic heterocycles. The van der Waals surface area contributed by atoms with Crippen molar-refractivity contribution in [3.63, 3.8) is 0 Å². The molecule has 0 bridgehead atoms. The Kier molecular flexibility index (Phi) is 4.47. The van der Waals surface area contributed by atoms with E-state index < -0.39 is 43.1 Å². The van der Waals surface area contributed by atoms with Gasteiger partial charge in [-0.25, -0.2) is 4.79 Å². The van der Waals surface area contributed by atoms with Crippen molar-refractivity contribution in [2.45, 2.75) is 38.1 Å². The molecule has 0 spiro atoms. The smallest absolute Gasteiger partial charge is 0.374 e. The maximum absolute atomic E-state index is 12.9. The predicted octanol–water partition coefficient (Wildman–Crippen LogP) is 0.758. The van der Waals surface area contributed by atoms with Gasteiger partial charge in [0.2, 0.25) is 13.1 Å². The van der Waals surface area contributed by atoms with Gasteiger partial charge in [0.1, 0.15) is 11.4 Å². The standard InChI is InChI=1S/C11H19O7P/c1-11(2,3)19(16,17-4)9-7(14)10(15)18-8(9)6(13)5-12/h6,8,12-14H,5H2,1-4H3/t6-,8+,19?/m0/s1. The number of carbonyl (C=O) groups is 1. The molecule has 0 aromatic carbocycles. The third kappa shape index (κ3) is 2.56. The average Bonchev–Trinajstić information content (AvgIpc) is 2.63. The summed E-state index contributed by atoms with van der Waals surface area (Å²) in [5, 5.41) is 27.2. The molecular formula is C11H19O7P. The average molecular weight is 294 g/mol. The lowest BCUT2D eigenvalue weighted by Gasteiger charge is -2.32. The molecule has 0 amide bonds. The molecule has 8 heteroatoms. The molecule has 0 saturated heterocycles. The van der Waals surface area contributed by atoms with Gasteiger partial charge in [0, 0.05) is 12.3 Å². The number of aliphatic hydroxyl groups is 3. The van der Waals surface area contributed by atoms with Gasteiger partial charge >= 0.3 is 5.97 Å². The highest BCUT2D eigenvalue weighted by Gasteiger charge is 2.53. The Hall–Kier alpha value is -0.880. The van der Waals surface area contributed by atoms with Gasteiger partial charge in [0.25, 0.3) is 0 Å². The van der Waals surface area contributed by atoms with Crippen molar-refractivity contribution < 1.29 is 33.9 Å². The third-order valence-corrected chi connectivity index (χ3v) is 6.31. The van der Waals surface area contributed by atoms with E-state index >= 15 is 0 Å². The van der Waals surface area contributed by atoms with Crippen LogP contribution in [0.2, 0.25) is 0 Å². The number of hydrogen-bond donors (Lipinski definition) is 3. The Morgan fingerprint density at radius 3 is 2.37 bits per heavy atom. The van der Waals surface area contributed by atoms with Crippen LogP contribution in [0.3, 0.4) is 0 Å². The summed E-state index contributed by atoms with van der Waals surface area (Å²) in [5.41, 5.74) is 0. The van der Waals surface area contributed by atoms with Crippen LogP contribution in [-0.2, 0) is 18.6 Å². The van der Waals surface area contributed by atoms with Crippen molar-refractivity contribution in [1.29, 1.82) is 0 Å². The normalized spacial score (nSPS) is 25.2. The van der Waals surface area contributed by atoms with Crippen LogP contribution in [0.5, 0.6) is 0 Å². The molecule has 1 rings (SSSR count). The number of cyclic esters (lactones) is 1. The van der Waals surface area contributed by atoms with E-state index in [0.717, 1.165) is 0 Å². The van der Waals surface area contributed by atoms with E-state index in [1.807, 2.05) is 0 Å². The number of aliphatic hydroxyl groups excluding tert-OH is 3. The molecule has 0 fully saturated rings. The SMILES string of the molecule is COP(=O)(C1=C(O)C(=O)O[C@@H]1[C@@H](O)CO)C(C)(C)C. The maximum atomic E-state index is 12.9. The fraction of sp³-hybridized carbons (Fsp3) is 0.727. The van der Waals surface area contributed by atoms with Gasteiger partial charge < -0.3 is 24.6 Å². The summed E-state index contributed by atoms with van der Waals surface area (Å²) in [6.07, 6.45) is -2.85. The molecular weight excluding hydrogens is 275 g/mol. The summed E-state index contributed by atoms with van der Waals surface area (Å²) in [5.74, 6) is -1.91. The molecule has 0 radical (unpaired) electrons. The number of carbonyl (C=O) groups excluding carboxylic acids is 1. The van der Waals surface area contributed by atoms with Gasteiger partial charge in [-0.3, -0.25) is 4.57 Å². The lowest BCUT2D eigenvalue weighted by molar-refractivity contribution is -0.146. The van der Waals surface area contributed by atoms with Gasteiger partial charge in [0.15, 0.2) is 6.10 Å². The predicted molar refractivity (Wildman–Crippen MR) is 67.0 cm³/mol. The quantitative estimate of drug-likeness (QED) is 0.518. The Balaban J connectivity index is 3.41. The van der Waals surface area contributed by atoms with Gasteiger partial charge in [0.05, 0.1) is 6.61 Å². The molecule has 3 atom stereocenters. The zero-order valence-corrected chi connectivity index (χ0v) is 12.2. The van der Waals surface area contributed by atoms with Crippen molar-refractivity contribution in [2.75, 3.05) is 13.7 Å². The van der Waals surface area contributed by atoms with Crippen LogP contribution < -0.4 is 0 Å². The molecule has 1 aliphatic heterocycles. The number of esters is 1. The molecule has 0 aliphatic carbocycles. The zero-order valence-electron chi connectivity index (χ0n) is 11.3. The van der Waals surface area contributed by atoms with E-state index in [9.17, 15) is 19.6 Å². The lowest BCUT2D eigenvalue weighted by atomic mass is 10.2. The second-order valence-corrected chi connectivity index (χ2v) is 8.51. The summed E-state index contributed by atoms with van der Waals surface area (Å²) in [4.78, 5) is 11.4. The molecule has 19 heavy (non-hydrogen) atoms. The Morgan fingerprint density at radius 2 is 2.00 bits per heavy atom. The first-order chi connectivity index (χ1) is 8.60. The molecule has 7 nitrogen and oxygen atoms in total. The summed E-state index contributed by atoms with van der Waals surface area (Å²) in [6, 6.07) is 0. The van der Waals surface area contributed by atoms with Crippen LogP contribution in [0.15, 0.2) is 11.1 Å². The van der Waals surface area contributed by atoms with Crippen LogP contribution in [-0.4, -0.2) is 52.4 Å². The van der Waals surface area contributed by atoms with Gasteiger partial charge in [-0.2, -0.15) is 0 Å². The van der Waals surface area contributed by atoms with E-state index in [1.54, 1.807) is 20.8 Å². The Labute approximate surface area is 111 Å². The van der Waals surface area contributed by atoms with Crippen molar-refractivity contribution in [1.82, 2.24) is 0 Å². The van der Waals surface area contributed by atoms with E-state index in [4.69, 9.17) is 14.4 Å². The third-order valence-electron chi connectivity index (χ3n) is 2.93. The van der Waals surface area contributed by atoms with Crippen LogP contribution in [0.25, 0.3) is 0 Å². The van der Waals surface area contributed by atoms with Crippen LogP contribution in [0, 0.1) is 0 Å². The first-order valence-corrected chi connectivity index (χ1v) is 7.32. The van der Waals surface area contributed by atoms with Crippen molar-refractivity contribution >= 4 is 13.3 Å². The molecule has 3 N–H and O–H groups in total. The van der Waals surface area contributed by atoms with Crippen molar-refractivity contribution in [2.24, 2.45) is 0 Å². The molecule has 1 unspecified atom stereocenters. The van der Waals surface area contributed by atoms with Gasteiger partial charge in [-0.1, -0.05) is 20.8 Å². The highest BCUT2D eigenvalue weighted by Crippen LogP contribution is 2.67. The van der Waals surface area contributed by atoms with E-state index in [1.165, 1.54) is 7.11 Å². The first kappa shape index (κ1) is 16.2. The minimum atomic E-state index is -3.64. The second-order valence-electron chi connectivity index (χ2n) is 5.21. The number of rotatable bonds is 4. The molecule has 110 valence electrons. The molecule has 1 heterocycles. The second kappa shape index (κ2) is 5.25. The number of ether oxygens (including phenoxy) is 1. The summed E-state index contributed by atoms with van der Waals surface area (Å²) in [6.45, 7) is 4.14. The molecule has 0 aromatic rings. The van der Waals surface area contributed by atoms with Crippen LogP contribution in [0.4, 0.5) is 0 Å². The first-order valence-electron chi connectivity index (χ1n) is 5.69. The summed E-state index contributed by atoms with van der Waals surface area (Å²) in [7, 11) is -2.44. The Morgan fingerprint density at radius 1 is 1.47 bits per heavy atom. The lowest BCUT2D eigenvalue weighted by Crippen LogP contribution is -2.33. The van der Waals surface area contributed by atoms with E-state index in [2.05, 4.69) is 0 Å². The van der Waals surface area contributed by atoms with E-state index in [0.29, 0.717) is 0 Å². The maximum Gasteiger partial charge on any atom is 0.374 e. The largest absolute Gasteiger partial charge is 0.501 e. The van der Waals surface area contributed by atoms with E-state index in [-0.39, 0.29) is 5.31 Å². The zero-order chi connectivity index (χ0) is 15.0. The number of hydrogen-bond acceptors (Lipinski definition) is 7. The highest BCUT2D eigenvalue weighted by molar-refractivity contribution is 7.65. The van der Waals surface area contributed by atoms with Crippen LogP contribution >= 0.6 is 7.37 Å². The highest BCUT2D eigenvalue weighted by atomic mass is 31.2. The van der Waals surface area contributed by atoms with Crippen LogP contribution in [0.1, 0.15) is 20.8 Å². The molecule has 1 aliphatic rings. The fourth-order valence-electron chi connectivity index (χ4n) is 1.86. The summed E-state index contributed by atoms with van der Waals surface area (Å²) < 4.78 is 22.7. The molecule has 0 saturated carbocycles. The van der Waals surface area contributed by atoms with Crippen molar-refractivity contribution in [3.8, 4) is 0 Å². The topological polar surface area (TPSA) is 113 Å². The fourth-order valence-corrected chi connectivity index (χ4v) is 4.26. The van der Waals surface area contributed by atoms with Crippen molar-refractivity contribution in [3.05, 3.63) is 11.1 Å². The minimum Gasteiger partial charge on any atom is -0.501 e.